The van der Waals surface area contributed by atoms with Crippen molar-refractivity contribution in [2.24, 2.45) is 5.73 Å². The first-order valence-corrected chi connectivity index (χ1v) is 12.0. The second-order valence-corrected chi connectivity index (χ2v) is 9.66. The molecule has 0 radical (unpaired) electrons. The molecule has 0 heterocycles. The van der Waals surface area contributed by atoms with E-state index in [9.17, 15) is 9.90 Å². The monoisotopic (exact) mass is 547 g/mol. The fourth-order valence-electron chi connectivity index (χ4n) is 4.29. The van der Waals surface area contributed by atoms with Crippen molar-refractivity contribution in [3.63, 3.8) is 0 Å². The van der Waals surface area contributed by atoms with Gasteiger partial charge in [-0.1, -0.05) is 72.8 Å². The van der Waals surface area contributed by atoms with E-state index in [1.807, 2.05) is 12.1 Å². The van der Waals surface area contributed by atoms with E-state index in [0.717, 1.165) is 12.1 Å². The van der Waals surface area contributed by atoms with Gasteiger partial charge in [-0.05, 0) is 49.7 Å². The van der Waals surface area contributed by atoms with Crippen molar-refractivity contribution >= 4 is 30.7 Å². The molecule has 202 valence electrons. The predicted octanol–water partition coefficient (Wildman–Crippen LogP) is 4.39. The number of nitrogens with two attached hydrogens (primary N) is 1. The molecule has 4 N–H and O–H groups in total. The number of primary amides is 1. The highest BCUT2D eigenvalue weighted by molar-refractivity contribution is 5.85. The highest BCUT2D eigenvalue weighted by Gasteiger charge is 2.26. The van der Waals surface area contributed by atoms with Gasteiger partial charge in [-0.15, -0.1) is 24.8 Å². The van der Waals surface area contributed by atoms with Gasteiger partial charge in [-0.25, -0.2) is 0 Å². The van der Waals surface area contributed by atoms with Gasteiger partial charge < -0.3 is 20.9 Å². The second-order valence-electron chi connectivity index (χ2n) is 9.66. The largest absolute Gasteiger partial charge is 0.491 e. The molecule has 0 fully saturated rings. The Kier molecular flexibility index (Phi) is 13.7. The van der Waals surface area contributed by atoms with Gasteiger partial charge in [-0.3, -0.25) is 9.69 Å². The van der Waals surface area contributed by atoms with Gasteiger partial charge in [0.05, 0.1) is 12.5 Å². The standard InChI is InChI=1S/C29H37N3O3.2ClH/c1-29(2,31-19-25(33)20-35-26-16-14-22(15-17-26)18-27(30)34)21-32(3)28(23-10-6-4-7-11-23)24-12-8-5-9-13-24;;/h4-17,25,28,31,33H,18-21H2,1-3H3,(H2,30,34);2*1H. The Morgan fingerprint density at radius 1 is 0.946 bits per heavy atom. The zero-order valence-corrected chi connectivity index (χ0v) is 23.3. The van der Waals surface area contributed by atoms with Crippen LogP contribution in [-0.2, 0) is 11.2 Å². The molecule has 0 saturated heterocycles. The van der Waals surface area contributed by atoms with Gasteiger partial charge in [0.2, 0.25) is 5.91 Å². The van der Waals surface area contributed by atoms with Crippen LogP contribution in [0, 0.1) is 0 Å². The minimum Gasteiger partial charge on any atom is -0.491 e. The van der Waals surface area contributed by atoms with E-state index in [-0.39, 0.29) is 55.3 Å². The first kappa shape index (κ1) is 32.4. The number of rotatable bonds is 13. The molecule has 1 amide bonds. The molecule has 1 atom stereocenters. The zero-order chi connectivity index (χ0) is 25.3. The fraction of sp³-hybridized carbons (Fsp3) is 0.345. The molecule has 0 aliphatic rings. The SMILES string of the molecule is CN(CC(C)(C)NCC(O)COc1ccc(CC(N)=O)cc1)C(c1ccccc1)c1ccccc1.Cl.Cl. The van der Waals surface area contributed by atoms with E-state index in [1.165, 1.54) is 11.1 Å². The van der Waals surface area contributed by atoms with Gasteiger partial charge >= 0.3 is 0 Å². The molecule has 0 aromatic heterocycles. The van der Waals surface area contributed by atoms with Crippen LogP contribution >= 0.6 is 24.8 Å². The van der Waals surface area contributed by atoms with Gasteiger partial charge in [-0.2, -0.15) is 0 Å². The Bertz CT molecular complexity index is 1010. The van der Waals surface area contributed by atoms with E-state index in [2.05, 4.69) is 79.6 Å². The minimum absolute atomic E-state index is 0. The summed E-state index contributed by atoms with van der Waals surface area (Å²) in [5.41, 5.74) is 8.30. The number of nitrogens with one attached hydrogen (secondary N) is 1. The van der Waals surface area contributed by atoms with Crippen molar-refractivity contribution in [3.8, 4) is 5.75 Å². The number of nitrogens with zero attached hydrogens (tertiary/aromatic N) is 1. The smallest absolute Gasteiger partial charge is 0.221 e. The Labute approximate surface area is 233 Å². The Hall–Kier alpha value is -2.61. The van der Waals surface area contributed by atoms with Crippen LogP contribution in [0.1, 0.15) is 36.6 Å². The quantitative estimate of drug-likeness (QED) is 0.295. The van der Waals surface area contributed by atoms with Crippen LogP contribution in [0.15, 0.2) is 84.9 Å². The number of benzene rings is 3. The fourth-order valence-corrected chi connectivity index (χ4v) is 4.29. The maximum Gasteiger partial charge on any atom is 0.221 e. The summed E-state index contributed by atoms with van der Waals surface area (Å²) < 4.78 is 5.71. The highest BCUT2D eigenvalue weighted by Crippen LogP contribution is 2.28. The summed E-state index contributed by atoms with van der Waals surface area (Å²) in [7, 11) is 2.13. The summed E-state index contributed by atoms with van der Waals surface area (Å²) in [6.45, 7) is 5.63. The summed E-state index contributed by atoms with van der Waals surface area (Å²) in [5, 5.41) is 14.0. The summed E-state index contributed by atoms with van der Waals surface area (Å²) in [5.74, 6) is 0.275. The topological polar surface area (TPSA) is 87.8 Å². The summed E-state index contributed by atoms with van der Waals surface area (Å²) in [6, 6.07) is 28.3. The van der Waals surface area contributed by atoms with Crippen LogP contribution in [0.5, 0.6) is 5.75 Å². The highest BCUT2D eigenvalue weighted by atomic mass is 35.5. The molecule has 37 heavy (non-hydrogen) atoms. The van der Waals surface area contributed by atoms with Crippen molar-refractivity contribution in [1.82, 2.24) is 10.2 Å². The number of carbonyl (C=O) groups excluding carboxylic acids is 1. The normalized spacial score (nSPS) is 11.9. The lowest BCUT2D eigenvalue weighted by Crippen LogP contribution is -2.51. The molecule has 0 spiro atoms. The number of β-amino-alcohol motifs (C(OH)–C–C–N with tert-alkyl or cyclic N) is 1. The first-order valence-electron chi connectivity index (χ1n) is 12.0. The summed E-state index contributed by atoms with van der Waals surface area (Å²) >= 11 is 0. The molecule has 3 aromatic carbocycles. The summed E-state index contributed by atoms with van der Waals surface area (Å²) in [6.07, 6.45) is -0.463. The van der Waals surface area contributed by atoms with Crippen molar-refractivity contribution in [2.45, 2.75) is 38.0 Å². The zero-order valence-electron chi connectivity index (χ0n) is 21.7. The lowest BCUT2D eigenvalue weighted by molar-refractivity contribution is -0.117. The molecular formula is C29H39Cl2N3O3. The average Bonchev–Trinajstić information content (AvgIpc) is 2.83. The van der Waals surface area contributed by atoms with Crippen LogP contribution in [-0.4, -0.2) is 54.3 Å². The maximum absolute atomic E-state index is 11.0. The third kappa shape index (κ3) is 10.7. The number of carbonyl (C=O) groups is 1. The predicted molar refractivity (Wildman–Crippen MR) is 155 cm³/mol. The van der Waals surface area contributed by atoms with Crippen LogP contribution < -0.4 is 15.8 Å². The van der Waals surface area contributed by atoms with Crippen LogP contribution in [0.4, 0.5) is 0 Å². The molecular weight excluding hydrogens is 509 g/mol. The van der Waals surface area contributed by atoms with Crippen molar-refractivity contribution in [1.29, 1.82) is 0 Å². The van der Waals surface area contributed by atoms with E-state index in [1.54, 1.807) is 24.3 Å². The average molecular weight is 549 g/mol. The molecule has 0 aliphatic heterocycles. The number of amides is 1. The molecule has 3 aromatic rings. The number of hydrogen-bond donors (Lipinski definition) is 3. The number of aliphatic hydroxyl groups is 1. The molecule has 0 bridgehead atoms. The molecule has 3 rings (SSSR count). The number of halogens is 2. The van der Waals surface area contributed by atoms with E-state index >= 15 is 0 Å². The molecule has 8 heteroatoms. The minimum atomic E-state index is -0.663. The third-order valence-corrected chi connectivity index (χ3v) is 5.88. The van der Waals surface area contributed by atoms with Crippen molar-refractivity contribution in [2.75, 3.05) is 26.7 Å². The number of hydrogen-bond acceptors (Lipinski definition) is 5. The molecule has 0 saturated carbocycles. The van der Waals surface area contributed by atoms with Crippen LogP contribution in [0.2, 0.25) is 0 Å². The second kappa shape index (κ2) is 15.6. The van der Waals surface area contributed by atoms with Crippen molar-refractivity contribution < 1.29 is 14.6 Å². The molecule has 0 aliphatic carbocycles. The van der Waals surface area contributed by atoms with Gasteiger partial charge in [0.1, 0.15) is 18.5 Å². The van der Waals surface area contributed by atoms with Gasteiger partial charge in [0.25, 0.3) is 0 Å². The Morgan fingerprint density at radius 2 is 1.46 bits per heavy atom. The van der Waals surface area contributed by atoms with E-state index in [4.69, 9.17) is 10.5 Å². The van der Waals surface area contributed by atoms with Gasteiger partial charge in [0, 0.05) is 18.6 Å². The lowest BCUT2D eigenvalue weighted by Gasteiger charge is -2.37. The molecule has 1 unspecified atom stereocenters. The third-order valence-electron chi connectivity index (χ3n) is 5.88. The Balaban J connectivity index is 0.00000342. The van der Waals surface area contributed by atoms with E-state index < -0.39 is 6.10 Å². The van der Waals surface area contributed by atoms with Crippen LogP contribution in [0.3, 0.4) is 0 Å². The van der Waals surface area contributed by atoms with Crippen LogP contribution in [0.25, 0.3) is 0 Å². The van der Waals surface area contributed by atoms with E-state index in [0.29, 0.717) is 12.3 Å². The van der Waals surface area contributed by atoms with Crippen molar-refractivity contribution in [3.05, 3.63) is 102 Å². The number of likely N-dealkylation sites (N-methyl/N-ethyl adjacent to an activating group) is 1. The lowest BCUT2D eigenvalue weighted by atomic mass is 9.95. The summed E-state index contributed by atoms with van der Waals surface area (Å²) in [4.78, 5) is 13.4. The first-order chi connectivity index (χ1) is 16.7. The number of aliphatic hydroxyl groups excluding tert-OH is 1. The number of ether oxygens (including phenoxy) is 1. The maximum atomic E-state index is 11.0. The van der Waals surface area contributed by atoms with Gasteiger partial charge in [0.15, 0.2) is 0 Å². The molecule has 6 nitrogen and oxygen atoms in total. The Morgan fingerprint density at radius 3 is 1.95 bits per heavy atom.